The van der Waals surface area contributed by atoms with Gasteiger partial charge in [0.1, 0.15) is 0 Å². The predicted octanol–water partition coefficient (Wildman–Crippen LogP) is 6.39. The molecule has 1 aliphatic heterocycles. The second kappa shape index (κ2) is 8.79. The lowest BCUT2D eigenvalue weighted by Gasteiger charge is -2.32. The molecule has 0 atom stereocenters. The van der Waals surface area contributed by atoms with Crippen LogP contribution in [0.3, 0.4) is 0 Å². The Hall–Kier alpha value is -3.12. The zero-order valence-corrected chi connectivity index (χ0v) is 18.0. The van der Waals surface area contributed by atoms with E-state index in [0.717, 1.165) is 31.6 Å². The number of halogens is 3. The molecule has 32 heavy (non-hydrogen) atoms. The van der Waals surface area contributed by atoms with Crippen molar-refractivity contribution in [1.82, 2.24) is 4.90 Å². The van der Waals surface area contributed by atoms with E-state index in [0.29, 0.717) is 28.4 Å². The molecule has 0 fully saturated rings. The van der Waals surface area contributed by atoms with E-state index in [1.54, 1.807) is 24.3 Å². The fourth-order valence-electron chi connectivity index (χ4n) is 4.06. The molecule has 6 heteroatoms. The molecule has 3 aromatic rings. The lowest BCUT2D eigenvalue weighted by Crippen LogP contribution is -2.35. The van der Waals surface area contributed by atoms with E-state index in [9.17, 15) is 18.0 Å². The molecule has 0 spiro atoms. The number of hydrogen-bond donors (Lipinski definition) is 1. The van der Waals surface area contributed by atoms with Crippen LogP contribution in [0.4, 0.5) is 18.9 Å². The van der Waals surface area contributed by atoms with Crippen LogP contribution in [0.2, 0.25) is 0 Å². The number of anilines is 1. The Morgan fingerprint density at radius 1 is 0.969 bits per heavy atom. The first-order valence-corrected chi connectivity index (χ1v) is 10.7. The summed E-state index contributed by atoms with van der Waals surface area (Å²) in [6.07, 6.45) is -3.46. The fourth-order valence-corrected chi connectivity index (χ4v) is 4.06. The monoisotopic (exact) mass is 438 g/mol. The topological polar surface area (TPSA) is 32.3 Å². The minimum Gasteiger partial charge on any atom is -0.322 e. The quantitative estimate of drug-likeness (QED) is 0.512. The smallest absolute Gasteiger partial charge is 0.322 e. The Bertz CT molecular complexity index is 1120. The molecule has 0 unspecified atom stereocenters. The SMILES string of the molecule is CC(C)N1CCc2cc(NC(=O)c3ccccc3-c3ccc(C(F)(F)F)cc3)ccc2C1. The molecule has 1 N–H and O–H groups in total. The van der Waals surface area contributed by atoms with Crippen molar-refractivity contribution in [2.45, 2.75) is 39.0 Å². The molecular formula is C26H25F3N2O. The molecule has 0 bridgehead atoms. The third-order valence-electron chi connectivity index (χ3n) is 5.93. The highest BCUT2D eigenvalue weighted by molar-refractivity contribution is 6.08. The Balaban J connectivity index is 1.55. The van der Waals surface area contributed by atoms with Crippen LogP contribution < -0.4 is 5.32 Å². The van der Waals surface area contributed by atoms with Gasteiger partial charge in [-0.3, -0.25) is 9.69 Å². The zero-order chi connectivity index (χ0) is 22.9. The molecule has 1 amide bonds. The summed E-state index contributed by atoms with van der Waals surface area (Å²) in [7, 11) is 0. The van der Waals surface area contributed by atoms with Crippen LogP contribution >= 0.6 is 0 Å². The first-order chi connectivity index (χ1) is 15.2. The van der Waals surface area contributed by atoms with Crippen molar-refractivity contribution in [2.75, 3.05) is 11.9 Å². The Labute approximate surface area is 185 Å². The number of carbonyl (C=O) groups excluding carboxylic acids is 1. The molecule has 166 valence electrons. The van der Waals surface area contributed by atoms with E-state index in [1.165, 1.54) is 23.3 Å². The van der Waals surface area contributed by atoms with Gasteiger partial charge < -0.3 is 5.32 Å². The van der Waals surface area contributed by atoms with Gasteiger partial charge in [0.2, 0.25) is 0 Å². The summed E-state index contributed by atoms with van der Waals surface area (Å²) in [6, 6.07) is 18.3. The van der Waals surface area contributed by atoms with E-state index in [1.807, 2.05) is 12.1 Å². The average molecular weight is 438 g/mol. The van der Waals surface area contributed by atoms with E-state index >= 15 is 0 Å². The van der Waals surface area contributed by atoms with Crippen LogP contribution in [-0.4, -0.2) is 23.4 Å². The van der Waals surface area contributed by atoms with E-state index in [-0.39, 0.29) is 5.91 Å². The second-order valence-corrected chi connectivity index (χ2v) is 8.37. The Kier molecular flexibility index (Phi) is 6.07. The Morgan fingerprint density at radius 2 is 1.69 bits per heavy atom. The first-order valence-electron chi connectivity index (χ1n) is 10.7. The van der Waals surface area contributed by atoms with Crippen molar-refractivity contribution in [3.63, 3.8) is 0 Å². The third kappa shape index (κ3) is 4.70. The number of carbonyl (C=O) groups is 1. The van der Waals surface area contributed by atoms with Gasteiger partial charge in [-0.15, -0.1) is 0 Å². The minimum absolute atomic E-state index is 0.292. The van der Waals surface area contributed by atoms with Crippen LogP contribution in [0.5, 0.6) is 0 Å². The van der Waals surface area contributed by atoms with E-state index in [2.05, 4.69) is 30.1 Å². The molecular weight excluding hydrogens is 413 g/mol. The summed E-state index contributed by atoms with van der Waals surface area (Å²) >= 11 is 0. The molecule has 3 nitrogen and oxygen atoms in total. The van der Waals surface area contributed by atoms with Gasteiger partial charge >= 0.3 is 6.18 Å². The van der Waals surface area contributed by atoms with Crippen molar-refractivity contribution in [3.05, 3.63) is 89.0 Å². The van der Waals surface area contributed by atoms with Crippen LogP contribution in [0.15, 0.2) is 66.7 Å². The largest absolute Gasteiger partial charge is 0.416 e. The molecule has 0 aromatic heterocycles. The number of benzene rings is 3. The fraction of sp³-hybridized carbons (Fsp3) is 0.269. The summed E-state index contributed by atoms with van der Waals surface area (Å²) in [6.45, 7) is 6.26. The maximum atomic E-state index is 13.0. The summed E-state index contributed by atoms with van der Waals surface area (Å²) in [5.74, 6) is -0.292. The van der Waals surface area contributed by atoms with Gasteiger partial charge in [-0.05, 0) is 72.9 Å². The molecule has 0 saturated carbocycles. The normalized spacial score (nSPS) is 14.3. The van der Waals surface area contributed by atoms with Gasteiger partial charge in [0.15, 0.2) is 0 Å². The third-order valence-corrected chi connectivity index (χ3v) is 5.93. The standard InChI is InChI=1S/C26H25F3N2O/c1-17(2)31-14-13-19-15-22(12-9-20(19)16-31)30-25(32)24-6-4-3-5-23(24)18-7-10-21(11-8-18)26(27,28)29/h3-12,15,17H,13-14,16H2,1-2H3,(H,30,32). The predicted molar refractivity (Wildman–Crippen MR) is 121 cm³/mol. The summed E-state index contributed by atoms with van der Waals surface area (Å²) in [5, 5.41) is 2.96. The number of hydrogen-bond acceptors (Lipinski definition) is 2. The minimum atomic E-state index is -4.39. The maximum Gasteiger partial charge on any atom is 0.416 e. The summed E-state index contributed by atoms with van der Waals surface area (Å²) in [5.41, 5.74) is 4.06. The number of alkyl halides is 3. The highest BCUT2D eigenvalue weighted by atomic mass is 19.4. The lowest BCUT2D eigenvalue weighted by atomic mass is 9.97. The number of fused-ring (bicyclic) bond motifs is 1. The number of amides is 1. The molecule has 3 aromatic carbocycles. The van der Waals surface area contributed by atoms with Gasteiger partial charge in [-0.2, -0.15) is 13.2 Å². The van der Waals surface area contributed by atoms with Crippen molar-refractivity contribution >= 4 is 11.6 Å². The van der Waals surface area contributed by atoms with Crippen molar-refractivity contribution in [2.24, 2.45) is 0 Å². The van der Waals surface area contributed by atoms with Gasteiger partial charge in [-0.25, -0.2) is 0 Å². The summed E-state index contributed by atoms with van der Waals surface area (Å²) in [4.78, 5) is 15.5. The molecule has 1 aliphatic rings. The average Bonchev–Trinajstić information content (AvgIpc) is 2.78. The molecule has 1 heterocycles. The van der Waals surface area contributed by atoms with Crippen LogP contribution in [0.1, 0.15) is 40.9 Å². The van der Waals surface area contributed by atoms with Crippen molar-refractivity contribution in [3.8, 4) is 11.1 Å². The summed E-state index contributed by atoms with van der Waals surface area (Å²) < 4.78 is 38.7. The highest BCUT2D eigenvalue weighted by Gasteiger charge is 2.30. The van der Waals surface area contributed by atoms with Gasteiger partial charge in [0, 0.05) is 30.4 Å². The number of rotatable bonds is 4. The van der Waals surface area contributed by atoms with Crippen molar-refractivity contribution < 1.29 is 18.0 Å². The molecule has 0 aliphatic carbocycles. The van der Waals surface area contributed by atoms with Gasteiger partial charge in [-0.1, -0.05) is 36.4 Å². The van der Waals surface area contributed by atoms with E-state index < -0.39 is 11.7 Å². The first kappa shape index (κ1) is 22.1. The van der Waals surface area contributed by atoms with Gasteiger partial charge in [0.05, 0.1) is 5.56 Å². The highest BCUT2D eigenvalue weighted by Crippen LogP contribution is 2.32. The molecule has 0 radical (unpaired) electrons. The van der Waals surface area contributed by atoms with Crippen LogP contribution in [0, 0.1) is 0 Å². The second-order valence-electron chi connectivity index (χ2n) is 8.37. The zero-order valence-electron chi connectivity index (χ0n) is 18.0. The lowest BCUT2D eigenvalue weighted by molar-refractivity contribution is -0.137. The van der Waals surface area contributed by atoms with Crippen LogP contribution in [0.25, 0.3) is 11.1 Å². The molecule has 0 saturated heterocycles. The van der Waals surface area contributed by atoms with E-state index in [4.69, 9.17) is 0 Å². The number of nitrogens with zero attached hydrogens (tertiary/aromatic N) is 1. The van der Waals surface area contributed by atoms with Gasteiger partial charge in [0.25, 0.3) is 5.91 Å². The Morgan fingerprint density at radius 3 is 2.38 bits per heavy atom. The molecule has 4 rings (SSSR count). The van der Waals surface area contributed by atoms with Crippen LogP contribution in [-0.2, 0) is 19.1 Å². The maximum absolute atomic E-state index is 13.0. The van der Waals surface area contributed by atoms with Crippen molar-refractivity contribution in [1.29, 1.82) is 0 Å². The number of nitrogens with one attached hydrogen (secondary N) is 1.